The third-order valence-electron chi connectivity index (χ3n) is 2.25. The molecule has 0 aliphatic heterocycles. The second-order valence-electron chi connectivity index (χ2n) is 3.43. The van der Waals surface area contributed by atoms with Crippen molar-refractivity contribution in [2.75, 3.05) is 0 Å². The van der Waals surface area contributed by atoms with E-state index in [1.807, 2.05) is 0 Å². The van der Waals surface area contributed by atoms with E-state index in [4.69, 9.17) is 0 Å². The molecule has 1 saturated carbocycles. The van der Waals surface area contributed by atoms with Gasteiger partial charge in [-0.15, -0.1) is 0 Å². The second kappa shape index (κ2) is 3.74. The number of rotatable bonds is 1. The first-order chi connectivity index (χ1) is 5.18. The number of hydrogen-bond donors (Lipinski definition) is 1. The molecule has 1 fully saturated rings. The van der Waals surface area contributed by atoms with Gasteiger partial charge in [0.25, 0.3) is 0 Å². The minimum atomic E-state index is 0.106. The molecule has 0 bridgehead atoms. The van der Waals surface area contributed by atoms with Crippen LogP contribution in [0.5, 0.6) is 0 Å². The summed E-state index contributed by atoms with van der Waals surface area (Å²) in [5.41, 5.74) is 0. The number of nitrogens with one attached hydrogen (secondary N) is 1. The standard InChI is InChI=1S/C9H16NO/c1-7-3-5-9(6-4-7)10-8(2)11/h9H,3-6H2,1-2H3,(H,10,11). The summed E-state index contributed by atoms with van der Waals surface area (Å²) in [5, 5.41) is 2.95. The quantitative estimate of drug-likeness (QED) is 0.611. The van der Waals surface area contributed by atoms with Gasteiger partial charge in [0.15, 0.2) is 0 Å². The minimum absolute atomic E-state index is 0.106. The fourth-order valence-electron chi connectivity index (χ4n) is 1.54. The Morgan fingerprint density at radius 3 is 2.45 bits per heavy atom. The van der Waals surface area contributed by atoms with Crippen LogP contribution < -0.4 is 5.32 Å². The van der Waals surface area contributed by atoms with E-state index in [0.717, 1.165) is 12.8 Å². The monoisotopic (exact) mass is 154 g/mol. The van der Waals surface area contributed by atoms with E-state index < -0.39 is 0 Å². The number of carbonyl (C=O) groups excluding carboxylic acids is 1. The fourth-order valence-corrected chi connectivity index (χ4v) is 1.54. The lowest BCUT2D eigenvalue weighted by Crippen LogP contribution is -2.35. The van der Waals surface area contributed by atoms with Crippen LogP contribution >= 0.6 is 0 Å². The summed E-state index contributed by atoms with van der Waals surface area (Å²) in [4.78, 5) is 10.7. The van der Waals surface area contributed by atoms with Gasteiger partial charge < -0.3 is 5.32 Å². The van der Waals surface area contributed by atoms with E-state index in [0.29, 0.717) is 6.04 Å². The molecule has 1 rings (SSSR count). The summed E-state index contributed by atoms with van der Waals surface area (Å²) in [5.74, 6) is 1.68. The maximum Gasteiger partial charge on any atom is 0.217 e. The Bertz CT molecular complexity index is 136. The molecule has 0 aromatic carbocycles. The third kappa shape index (κ3) is 2.91. The minimum Gasteiger partial charge on any atom is -0.354 e. The van der Waals surface area contributed by atoms with E-state index in [2.05, 4.69) is 12.2 Å². The van der Waals surface area contributed by atoms with E-state index in [1.54, 1.807) is 12.8 Å². The molecule has 0 spiro atoms. The van der Waals surface area contributed by atoms with Gasteiger partial charge in [-0.25, -0.2) is 0 Å². The lowest BCUT2D eigenvalue weighted by molar-refractivity contribution is -0.119. The van der Waals surface area contributed by atoms with Crippen LogP contribution in [0.25, 0.3) is 0 Å². The highest BCUT2D eigenvalue weighted by Crippen LogP contribution is 2.24. The summed E-state index contributed by atoms with van der Waals surface area (Å²) in [6, 6.07) is 0.441. The van der Waals surface area contributed by atoms with Gasteiger partial charge >= 0.3 is 0 Å². The highest BCUT2D eigenvalue weighted by Gasteiger charge is 2.18. The van der Waals surface area contributed by atoms with Gasteiger partial charge in [0, 0.05) is 13.0 Å². The zero-order valence-electron chi connectivity index (χ0n) is 7.31. The van der Waals surface area contributed by atoms with Gasteiger partial charge in [-0.05, 0) is 31.6 Å². The van der Waals surface area contributed by atoms with Crippen LogP contribution in [0.3, 0.4) is 0 Å². The van der Waals surface area contributed by atoms with Crippen molar-refractivity contribution in [3.8, 4) is 0 Å². The average molecular weight is 154 g/mol. The molecule has 1 N–H and O–H groups in total. The van der Waals surface area contributed by atoms with Gasteiger partial charge in [-0.3, -0.25) is 4.79 Å². The molecule has 0 saturated heterocycles. The fraction of sp³-hybridized carbons (Fsp3) is 0.778. The predicted molar refractivity (Wildman–Crippen MR) is 45.0 cm³/mol. The Morgan fingerprint density at radius 1 is 1.45 bits per heavy atom. The SMILES string of the molecule is C[C]1CCC(NC(C)=O)CC1. The van der Waals surface area contributed by atoms with Gasteiger partial charge in [-0.2, -0.15) is 0 Å². The number of amides is 1. The van der Waals surface area contributed by atoms with Crippen LogP contribution in [0.15, 0.2) is 0 Å². The van der Waals surface area contributed by atoms with E-state index in [1.165, 1.54) is 12.8 Å². The first-order valence-corrected chi connectivity index (χ1v) is 4.27. The Kier molecular flexibility index (Phi) is 2.92. The summed E-state index contributed by atoms with van der Waals surface area (Å²) in [6.45, 7) is 3.79. The van der Waals surface area contributed by atoms with Crippen molar-refractivity contribution in [3.63, 3.8) is 0 Å². The van der Waals surface area contributed by atoms with Gasteiger partial charge in [-0.1, -0.05) is 6.92 Å². The van der Waals surface area contributed by atoms with Crippen LogP contribution in [0, 0.1) is 5.92 Å². The van der Waals surface area contributed by atoms with Crippen molar-refractivity contribution in [2.24, 2.45) is 0 Å². The molecule has 0 aromatic rings. The maximum absolute atomic E-state index is 10.7. The summed E-state index contributed by atoms with van der Waals surface area (Å²) in [6.07, 6.45) is 4.63. The molecule has 0 aromatic heterocycles. The first-order valence-electron chi connectivity index (χ1n) is 4.27. The van der Waals surface area contributed by atoms with Crippen LogP contribution in [0.1, 0.15) is 39.5 Å². The lowest BCUT2D eigenvalue weighted by Gasteiger charge is -2.25. The Morgan fingerprint density at radius 2 is 2.00 bits per heavy atom. The average Bonchev–Trinajstić information content (AvgIpc) is 1.93. The molecule has 1 radical (unpaired) electrons. The number of carbonyl (C=O) groups is 1. The van der Waals surface area contributed by atoms with Gasteiger partial charge in [0.1, 0.15) is 0 Å². The zero-order valence-corrected chi connectivity index (χ0v) is 7.31. The van der Waals surface area contributed by atoms with E-state index in [9.17, 15) is 4.79 Å². The summed E-state index contributed by atoms with van der Waals surface area (Å²) < 4.78 is 0. The van der Waals surface area contributed by atoms with Crippen molar-refractivity contribution in [1.82, 2.24) is 5.32 Å². The second-order valence-corrected chi connectivity index (χ2v) is 3.43. The molecular formula is C9H16NO. The first kappa shape index (κ1) is 8.57. The van der Waals surface area contributed by atoms with Crippen LogP contribution in [-0.4, -0.2) is 11.9 Å². The van der Waals surface area contributed by atoms with Crippen molar-refractivity contribution in [1.29, 1.82) is 0 Å². The Balaban J connectivity index is 2.22. The van der Waals surface area contributed by atoms with Crippen molar-refractivity contribution >= 4 is 5.91 Å². The normalized spacial score (nSPS) is 21.6. The smallest absolute Gasteiger partial charge is 0.217 e. The molecule has 0 unspecified atom stereocenters. The molecular weight excluding hydrogens is 138 g/mol. The molecule has 11 heavy (non-hydrogen) atoms. The highest BCUT2D eigenvalue weighted by atomic mass is 16.1. The molecule has 1 aliphatic carbocycles. The molecule has 2 nitrogen and oxygen atoms in total. The molecule has 1 aliphatic rings. The largest absolute Gasteiger partial charge is 0.354 e. The molecule has 2 heteroatoms. The molecule has 63 valence electrons. The van der Waals surface area contributed by atoms with Crippen molar-refractivity contribution in [2.45, 2.75) is 45.6 Å². The molecule has 1 amide bonds. The van der Waals surface area contributed by atoms with Crippen LogP contribution in [0.4, 0.5) is 0 Å². The zero-order chi connectivity index (χ0) is 8.27. The van der Waals surface area contributed by atoms with E-state index >= 15 is 0 Å². The predicted octanol–water partition coefficient (Wildman–Crippen LogP) is 1.66. The van der Waals surface area contributed by atoms with Crippen LogP contribution in [0.2, 0.25) is 0 Å². The molecule has 0 atom stereocenters. The summed E-state index contributed by atoms with van der Waals surface area (Å²) >= 11 is 0. The third-order valence-corrected chi connectivity index (χ3v) is 2.25. The van der Waals surface area contributed by atoms with Gasteiger partial charge in [0.05, 0.1) is 0 Å². The van der Waals surface area contributed by atoms with E-state index in [-0.39, 0.29) is 5.91 Å². The van der Waals surface area contributed by atoms with Crippen molar-refractivity contribution < 1.29 is 4.79 Å². The Labute approximate surface area is 68.4 Å². The highest BCUT2D eigenvalue weighted by molar-refractivity contribution is 5.73. The maximum atomic E-state index is 10.7. The Hall–Kier alpha value is -0.530. The van der Waals surface area contributed by atoms with Crippen molar-refractivity contribution in [3.05, 3.63) is 5.92 Å². The lowest BCUT2D eigenvalue weighted by atomic mass is 9.87. The van der Waals surface area contributed by atoms with Crippen LogP contribution in [-0.2, 0) is 4.79 Å². The number of hydrogen-bond acceptors (Lipinski definition) is 1. The molecule has 0 heterocycles. The summed E-state index contributed by atoms with van der Waals surface area (Å²) in [7, 11) is 0. The topological polar surface area (TPSA) is 29.1 Å². The van der Waals surface area contributed by atoms with Gasteiger partial charge in [0.2, 0.25) is 5.91 Å².